The quantitative estimate of drug-likeness (QED) is 0.873. The van der Waals surface area contributed by atoms with E-state index in [9.17, 15) is 4.79 Å². The molecule has 0 bridgehead atoms. The van der Waals surface area contributed by atoms with E-state index in [0.29, 0.717) is 17.4 Å². The summed E-state index contributed by atoms with van der Waals surface area (Å²) in [5.41, 5.74) is 1.93. The van der Waals surface area contributed by atoms with Crippen LogP contribution in [-0.4, -0.2) is 36.0 Å². The molecule has 4 nitrogen and oxygen atoms in total. The summed E-state index contributed by atoms with van der Waals surface area (Å²) in [6, 6.07) is 11.8. The second-order valence-corrected chi connectivity index (χ2v) is 6.14. The van der Waals surface area contributed by atoms with Gasteiger partial charge in [-0.3, -0.25) is 9.78 Å². The van der Waals surface area contributed by atoms with E-state index in [4.69, 9.17) is 4.74 Å². The van der Waals surface area contributed by atoms with Gasteiger partial charge in [0.05, 0.1) is 12.7 Å². The predicted octanol–water partition coefficient (Wildman–Crippen LogP) is 3.36. The molecule has 1 aliphatic heterocycles. The second-order valence-electron chi connectivity index (χ2n) is 6.14. The second kappa shape index (κ2) is 6.82. The van der Waals surface area contributed by atoms with E-state index < -0.39 is 0 Å². The molecule has 0 radical (unpaired) electrons. The first-order chi connectivity index (χ1) is 11.2. The van der Waals surface area contributed by atoms with Gasteiger partial charge in [0.1, 0.15) is 5.75 Å². The van der Waals surface area contributed by atoms with Crippen LogP contribution in [0.2, 0.25) is 0 Å². The van der Waals surface area contributed by atoms with Crippen LogP contribution in [0.3, 0.4) is 0 Å². The Kier molecular flexibility index (Phi) is 4.60. The van der Waals surface area contributed by atoms with E-state index in [2.05, 4.69) is 24.0 Å². The number of ether oxygens (including phenoxy) is 1. The van der Waals surface area contributed by atoms with Gasteiger partial charge in [0.2, 0.25) is 0 Å². The van der Waals surface area contributed by atoms with Crippen molar-refractivity contribution in [3.63, 3.8) is 0 Å². The van der Waals surface area contributed by atoms with Gasteiger partial charge >= 0.3 is 0 Å². The van der Waals surface area contributed by atoms with Gasteiger partial charge in [-0.15, -0.1) is 0 Å². The summed E-state index contributed by atoms with van der Waals surface area (Å²) in [4.78, 5) is 18.7. The fourth-order valence-electron chi connectivity index (χ4n) is 3.21. The van der Waals surface area contributed by atoms with Crippen LogP contribution >= 0.6 is 0 Å². The number of likely N-dealkylation sites (tertiary alicyclic amines) is 1. The molecule has 2 atom stereocenters. The van der Waals surface area contributed by atoms with Crippen LogP contribution in [-0.2, 0) is 0 Å². The first-order valence-corrected chi connectivity index (χ1v) is 8.02. The third-order valence-corrected chi connectivity index (χ3v) is 4.70. The Morgan fingerprint density at radius 1 is 1.26 bits per heavy atom. The maximum Gasteiger partial charge on any atom is 0.255 e. The largest absolute Gasteiger partial charge is 0.497 e. The zero-order valence-corrected chi connectivity index (χ0v) is 13.6. The minimum atomic E-state index is 0.0727. The average Bonchev–Trinajstić information content (AvgIpc) is 2.62. The number of benzene rings is 1. The maximum atomic E-state index is 12.6. The highest BCUT2D eigenvalue weighted by Crippen LogP contribution is 2.33. The van der Waals surface area contributed by atoms with Crippen molar-refractivity contribution >= 4 is 5.91 Å². The number of carbonyl (C=O) groups is 1. The van der Waals surface area contributed by atoms with Crippen LogP contribution in [0.25, 0.3) is 0 Å². The first kappa shape index (κ1) is 15.5. The lowest BCUT2D eigenvalue weighted by molar-refractivity contribution is 0.0669. The van der Waals surface area contributed by atoms with Crippen LogP contribution in [0.1, 0.15) is 35.2 Å². The van der Waals surface area contributed by atoms with Crippen LogP contribution in [0.4, 0.5) is 0 Å². The molecule has 2 aromatic rings. The molecule has 1 fully saturated rings. The average molecular weight is 310 g/mol. The van der Waals surface area contributed by atoms with Gasteiger partial charge in [-0.1, -0.05) is 19.1 Å². The molecular weight excluding hydrogens is 288 g/mol. The molecule has 0 spiro atoms. The summed E-state index contributed by atoms with van der Waals surface area (Å²) in [6.45, 7) is 3.82. The van der Waals surface area contributed by atoms with Crippen LogP contribution in [0.15, 0.2) is 48.8 Å². The number of hydrogen-bond donors (Lipinski definition) is 0. The molecule has 1 saturated heterocycles. The van der Waals surface area contributed by atoms with Crippen LogP contribution in [0.5, 0.6) is 5.75 Å². The molecule has 0 aliphatic carbocycles. The Morgan fingerprint density at radius 2 is 2.04 bits per heavy atom. The molecule has 3 rings (SSSR count). The van der Waals surface area contributed by atoms with Crippen molar-refractivity contribution in [2.75, 3.05) is 20.2 Å². The lowest BCUT2D eigenvalue weighted by Crippen LogP contribution is -2.42. The number of piperidine rings is 1. The number of pyridine rings is 1. The third kappa shape index (κ3) is 3.36. The standard InChI is InChI=1S/C19H22N2O2/c1-14-9-11-21(19(22)16-4-3-10-20-12-16)13-18(14)15-5-7-17(23-2)8-6-15/h3-8,10,12,14,18H,9,11,13H2,1-2H3. The lowest BCUT2D eigenvalue weighted by atomic mass is 9.82. The molecule has 0 N–H and O–H groups in total. The predicted molar refractivity (Wildman–Crippen MR) is 89.7 cm³/mol. The number of carbonyl (C=O) groups excluding carboxylic acids is 1. The highest BCUT2D eigenvalue weighted by Gasteiger charge is 2.30. The van der Waals surface area contributed by atoms with Gasteiger partial charge in [-0.05, 0) is 42.2 Å². The normalized spacial score (nSPS) is 21.0. The first-order valence-electron chi connectivity index (χ1n) is 8.02. The molecule has 4 heteroatoms. The number of nitrogens with zero attached hydrogens (tertiary/aromatic N) is 2. The van der Waals surface area contributed by atoms with Crippen molar-refractivity contribution in [1.29, 1.82) is 0 Å². The molecule has 120 valence electrons. The molecule has 2 unspecified atom stereocenters. The number of aromatic nitrogens is 1. The summed E-state index contributed by atoms with van der Waals surface area (Å²) >= 11 is 0. The van der Waals surface area contributed by atoms with E-state index >= 15 is 0 Å². The molecule has 1 aliphatic rings. The van der Waals surface area contributed by atoms with E-state index in [1.807, 2.05) is 23.1 Å². The minimum absolute atomic E-state index is 0.0727. The lowest BCUT2D eigenvalue weighted by Gasteiger charge is -2.37. The highest BCUT2D eigenvalue weighted by molar-refractivity contribution is 5.94. The zero-order chi connectivity index (χ0) is 16.2. The summed E-state index contributed by atoms with van der Waals surface area (Å²) in [5, 5.41) is 0. The van der Waals surface area contributed by atoms with Crippen LogP contribution in [0, 0.1) is 5.92 Å². The van der Waals surface area contributed by atoms with Crippen molar-refractivity contribution in [2.24, 2.45) is 5.92 Å². The van der Waals surface area contributed by atoms with Gasteiger partial charge in [0.15, 0.2) is 0 Å². The molecular formula is C19H22N2O2. The van der Waals surface area contributed by atoms with E-state index in [0.717, 1.165) is 25.3 Å². The van der Waals surface area contributed by atoms with Crippen molar-refractivity contribution in [2.45, 2.75) is 19.3 Å². The molecule has 0 saturated carbocycles. The van der Waals surface area contributed by atoms with Crippen molar-refractivity contribution < 1.29 is 9.53 Å². The van der Waals surface area contributed by atoms with Crippen LogP contribution < -0.4 is 4.74 Å². The summed E-state index contributed by atoms with van der Waals surface area (Å²) < 4.78 is 5.23. The van der Waals surface area contributed by atoms with Gasteiger partial charge in [-0.2, -0.15) is 0 Å². The fourth-order valence-corrected chi connectivity index (χ4v) is 3.21. The minimum Gasteiger partial charge on any atom is -0.497 e. The van der Waals surface area contributed by atoms with Crippen molar-refractivity contribution in [3.05, 3.63) is 59.9 Å². The van der Waals surface area contributed by atoms with Gasteiger partial charge in [0, 0.05) is 31.4 Å². The molecule has 1 amide bonds. The van der Waals surface area contributed by atoms with Gasteiger partial charge in [0.25, 0.3) is 5.91 Å². The molecule has 1 aromatic heterocycles. The molecule has 2 heterocycles. The summed E-state index contributed by atoms with van der Waals surface area (Å²) in [6.07, 6.45) is 4.35. The van der Waals surface area contributed by atoms with Crippen molar-refractivity contribution in [1.82, 2.24) is 9.88 Å². The zero-order valence-electron chi connectivity index (χ0n) is 13.6. The van der Waals surface area contributed by atoms with E-state index in [1.165, 1.54) is 5.56 Å². The Bertz CT molecular complexity index is 655. The molecule has 1 aromatic carbocycles. The SMILES string of the molecule is COc1ccc(C2CN(C(=O)c3cccnc3)CCC2C)cc1. The Labute approximate surface area is 137 Å². The summed E-state index contributed by atoms with van der Waals surface area (Å²) in [7, 11) is 1.67. The Morgan fingerprint density at radius 3 is 2.70 bits per heavy atom. The highest BCUT2D eigenvalue weighted by atomic mass is 16.5. The van der Waals surface area contributed by atoms with Gasteiger partial charge < -0.3 is 9.64 Å². The summed E-state index contributed by atoms with van der Waals surface area (Å²) in [5.74, 6) is 1.85. The fraction of sp³-hybridized carbons (Fsp3) is 0.368. The smallest absolute Gasteiger partial charge is 0.255 e. The Balaban J connectivity index is 1.77. The Hall–Kier alpha value is -2.36. The third-order valence-electron chi connectivity index (χ3n) is 4.70. The number of rotatable bonds is 3. The number of methoxy groups -OCH3 is 1. The maximum absolute atomic E-state index is 12.6. The topological polar surface area (TPSA) is 42.4 Å². The molecule has 23 heavy (non-hydrogen) atoms. The van der Waals surface area contributed by atoms with E-state index in [-0.39, 0.29) is 5.91 Å². The monoisotopic (exact) mass is 310 g/mol. The van der Waals surface area contributed by atoms with Crippen molar-refractivity contribution in [3.8, 4) is 5.75 Å². The van der Waals surface area contributed by atoms with Gasteiger partial charge in [-0.25, -0.2) is 0 Å². The number of amides is 1. The number of hydrogen-bond acceptors (Lipinski definition) is 3. The van der Waals surface area contributed by atoms with E-state index in [1.54, 1.807) is 25.6 Å².